The molecule has 1 heterocycles. The molecule has 0 amide bonds. The van der Waals surface area contributed by atoms with E-state index in [1.165, 1.54) is 0 Å². The second kappa shape index (κ2) is 3.24. The summed E-state index contributed by atoms with van der Waals surface area (Å²) in [6, 6.07) is 5.61. The number of nitrogen functional groups attached to an aromatic ring is 1. The molecule has 2 rings (SSSR count). The van der Waals surface area contributed by atoms with Crippen LogP contribution >= 0.6 is 0 Å². The number of hydrogen-bond acceptors (Lipinski definition) is 3. The number of ether oxygens (including phenoxy) is 1. The van der Waals surface area contributed by atoms with E-state index in [-0.39, 0.29) is 0 Å². The Labute approximate surface area is 88.5 Å². The van der Waals surface area contributed by atoms with E-state index in [2.05, 4.69) is 9.97 Å². The number of H-pyrrole nitrogens is 1. The highest BCUT2D eigenvalue weighted by molar-refractivity contribution is 5.78. The molecule has 0 atom stereocenters. The van der Waals surface area contributed by atoms with E-state index in [1.54, 1.807) is 7.11 Å². The summed E-state index contributed by atoms with van der Waals surface area (Å²) in [5.74, 6) is 0.811. The van der Waals surface area contributed by atoms with Gasteiger partial charge in [0.15, 0.2) is 0 Å². The molecule has 0 bridgehead atoms. The van der Waals surface area contributed by atoms with Gasteiger partial charge in [0, 0.05) is 12.8 Å². The van der Waals surface area contributed by atoms with E-state index in [1.807, 2.05) is 32.0 Å². The summed E-state index contributed by atoms with van der Waals surface area (Å²) >= 11 is 0. The van der Waals surface area contributed by atoms with E-state index >= 15 is 0 Å². The molecule has 4 heteroatoms. The lowest BCUT2D eigenvalue weighted by molar-refractivity contribution is 0.0124. The fourth-order valence-corrected chi connectivity index (χ4v) is 1.41. The maximum Gasteiger partial charge on any atom is 0.139 e. The van der Waals surface area contributed by atoms with Crippen molar-refractivity contribution < 1.29 is 4.74 Å². The SMILES string of the molecule is COC(C)(C)c1nc2ccc(N)cc2[nH]1. The quantitative estimate of drug-likeness (QED) is 0.737. The van der Waals surface area contributed by atoms with Gasteiger partial charge >= 0.3 is 0 Å². The molecule has 1 aromatic heterocycles. The molecule has 0 unspecified atom stereocenters. The minimum atomic E-state index is -0.409. The van der Waals surface area contributed by atoms with Crippen molar-refractivity contribution in [1.82, 2.24) is 9.97 Å². The van der Waals surface area contributed by atoms with Crippen molar-refractivity contribution in [2.24, 2.45) is 0 Å². The summed E-state index contributed by atoms with van der Waals surface area (Å²) in [4.78, 5) is 7.67. The van der Waals surface area contributed by atoms with Crippen molar-refractivity contribution in [1.29, 1.82) is 0 Å². The van der Waals surface area contributed by atoms with Gasteiger partial charge in [0.25, 0.3) is 0 Å². The Kier molecular flexibility index (Phi) is 2.16. The van der Waals surface area contributed by atoms with Crippen molar-refractivity contribution >= 4 is 16.7 Å². The van der Waals surface area contributed by atoms with Gasteiger partial charge in [-0.15, -0.1) is 0 Å². The second-order valence-corrected chi connectivity index (χ2v) is 4.08. The highest BCUT2D eigenvalue weighted by Gasteiger charge is 2.23. The van der Waals surface area contributed by atoms with Gasteiger partial charge in [0.1, 0.15) is 11.4 Å². The summed E-state index contributed by atoms with van der Waals surface area (Å²) < 4.78 is 5.36. The Morgan fingerprint density at radius 3 is 2.80 bits per heavy atom. The molecule has 80 valence electrons. The number of nitrogens with one attached hydrogen (secondary N) is 1. The van der Waals surface area contributed by atoms with Crippen molar-refractivity contribution in [2.75, 3.05) is 12.8 Å². The molecule has 4 nitrogen and oxygen atoms in total. The van der Waals surface area contributed by atoms with Crippen LogP contribution in [0.4, 0.5) is 5.69 Å². The first-order valence-electron chi connectivity index (χ1n) is 4.84. The number of anilines is 1. The zero-order valence-electron chi connectivity index (χ0n) is 9.16. The molecule has 0 saturated heterocycles. The molecule has 0 spiro atoms. The van der Waals surface area contributed by atoms with Crippen LogP contribution in [0.3, 0.4) is 0 Å². The van der Waals surface area contributed by atoms with Crippen LogP contribution in [0.2, 0.25) is 0 Å². The standard InChI is InChI=1S/C11H15N3O/c1-11(2,15-3)10-13-8-5-4-7(12)6-9(8)14-10/h4-6H,12H2,1-3H3,(H,13,14). The van der Waals surface area contributed by atoms with Gasteiger partial charge in [-0.2, -0.15) is 0 Å². The van der Waals surface area contributed by atoms with Gasteiger partial charge in [-0.05, 0) is 32.0 Å². The lowest BCUT2D eigenvalue weighted by atomic mass is 10.1. The lowest BCUT2D eigenvalue weighted by Crippen LogP contribution is -2.21. The summed E-state index contributed by atoms with van der Waals surface area (Å²) in [6.45, 7) is 3.93. The number of methoxy groups -OCH3 is 1. The van der Waals surface area contributed by atoms with Gasteiger partial charge in [-0.1, -0.05) is 0 Å². The third-order valence-corrected chi connectivity index (χ3v) is 2.59. The molecule has 0 aliphatic carbocycles. The third kappa shape index (κ3) is 1.68. The molecule has 1 aromatic carbocycles. The fraction of sp³-hybridized carbons (Fsp3) is 0.364. The Morgan fingerprint density at radius 1 is 1.40 bits per heavy atom. The average molecular weight is 205 g/mol. The van der Waals surface area contributed by atoms with Crippen LogP contribution in [0, 0.1) is 0 Å². The van der Waals surface area contributed by atoms with E-state index in [0.717, 1.165) is 22.5 Å². The Hall–Kier alpha value is -1.55. The van der Waals surface area contributed by atoms with Gasteiger partial charge in [0.05, 0.1) is 11.0 Å². The maximum atomic E-state index is 5.70. The Morgan fingerprint density at radius 2 is 2.13 bits per heavy atom. The lowest BCUT2D eigenvalue weighted by Gasteiger charge is -2.19. The van der Waals surface area contributed by atoms with E-state index in [0.29, 0.717) is 0 Å². The fourth-order valence-electron chi connectivity index (χ4n) is 1.41. The number of hydrogen-bond donors (Lipinski definition) is 2. The van der Waals surface area contributed by atoms with Crippen molar-refractivity contribution in [3.05, 3.63) is 24.0 Å². The van der Waals surface area contributed by atoms with Crippen molar-refractivity contribution in [3.8, 4) is 0 Å². The molecule has 0 radical (unpaired) electrons. The number of imidazole rings is 1. The van der Waals surface area contributed by atoms with Gasteiger partial charge < -0.3 is 15.5 Å². The Balaban J connectivity index is 2.56. The average Bonchev–Trinajstić information content (AvgIpc) is 2.61. The number of rotatable bonds is 2. The number of benzene rings is 1. The molecule has 0 saturated carbocycles. The predicted molar refractivity (Wildman–Crippen MR) is 60.5 cm³/mol. The van der Waals surface area contributed by atoms with Crippen LogP contribution < -0.4 is 5.73 Å². The minimum absolute atomic E-state index is 0.409. The van der Waals surface area contributed by atoms with Gasteiger partial charge in [-0.25, -0.2) is 4.98 Å². The van der Waals surface area contributed by atoms with Crippen LogP contribution in [0.15, 0.2) is 18.2 Å². The maximum absolute atomic E-state index is 5.70. The van der Waals surface area contributed by atoms with E-state index < -0.39 is 5.60 Å². The second-order valence-electron chi connectivity index (χ2n) is 4.08. The van der Waals surface area contributed by atoms with Crippen molar-refractivity contribution in [2.45, 2.75) is 19.4 Å². The largest absolute Gasteiger partial charge is 0.399 e. The summed E-state index contributed by atoms with van der Waals surface area (Å²) in [5.41, 5.74) is 7.86. The molecule has 0 fully saturated rings. The normalized spacial score (nSPS) is 12.2. The first kappa shape index (κ1) is 9.98. The zero-order chi connectivity index (χ0) is 11.1. The molecular formula is C11H15N3O. The smallest absolute Gasteiger partial charge is 0.139 e. The number of aromatic nitrogens is 2. The minimum Gasteiger partial charge on any atom is -0.399 e. The predicted octanol–water partition coefficient (Wildman–Crippen LogP) is 2.03. The van der Waals surface area contributed by atoms with Crippen LogP contribution in [0.25, 0.3) is 11.0 Å². The number of nitrogens with two attached hydrogens (primary N) is 1. The molecule has 15 heavy (non-hydrogen) atoms. The summed E-state index contributed by atoms with van der Waals surface area (Å²) in [7, 11) is 1.67. The zero-order valence-corrected chi connectivity index (χ0v) is 9.16. The Bertz CT molecular complexity index is 488. The highest BCUT2D eigenvalue weighted by Crippen LogP contribution is 2.24. The van der Waals surface area contributed by atoms with Crippen LogP contribution in [-0.2, 0) is 10.3 Å². The van der Waals surface area contributed by atoms with Crippen LogP contribution in [-0.4, -0.2) is 17.1 Å². The van der Waals surface area contributed by atoms with Crippen LogP contribution in [0.5, 0.6) is 0 Å². The number of nitrogens with zero attached hydrogens (tertiary/aromatic N) is 1. The number of aromatic amines is 1. The molecule has 3 N–H and O–H groups in total. The molecule has 2 aromatic rings. The first-order chi connectivity index (χ1) is 7.03. The van der Waals surface area contributed by atoms with E-state index in [4.69, 9.17) is 10.5 Å². The van der Waals surface area contributed by atoms with Crippen LogP contribution in [0.1, 0.15) is 19.7 Å². The molecule has 0 aliphatic rings. The first-order valence-corrected chi connectivity index (χ1v) is 4.84. The summed E-state index contributed by atoms with van der Waals surface area (Å²) in [6.07, 6.45) is 0. The third-order valence-electron chi connectivity index (χ3n) is 2.59. The number of fused-ring (bicyclic) bond motifs is 1. The molecular weight excluding hydrogens is 190 g/mol. The van der Waals surface area contributed by atoms with E-state index in [9.17, 15) is 0 Å². The van der Waals surface area contributed by atoms with Gasteiger partial charge in [0.2, 0.25) is 0 Å². The van der Waals surface area contributed by atoms with Gasteiger partial charge in [-0.3, -0.25) is 0 Å². The summed E-state index contributed by atoms with van der Waals surface area (Å²) in [5, 5.41) is 0. The molecule has 0 aliphatic heterocycles. The van der Waals surface area contributed by atoms with Crippen molar-refractivity contribution in [3.63, 3.8) is 0 Å². The highest BCUT2D eigenvalue weighted by atomic mass is 16.5. The monoisotopic (exact) mass is 205 g/mol. The topological polar surface area (TPSA) is 63.9 Å².